The number of nitrogens with one attached hydrogen (secondary N) is 2. The van der Waals surface area contributed by atoms with Gasteiger partial charge in [-0.1, -0.05) is 0 Å². The largest absolute Gasteiger partial charge is 0.376 e. The highest BCUT2D eigenvalue weighted by Gasteiger charge is 2.16. The summed E-state index contributed by atoms with van der Waals surface area (Å²) in [6, 6.07) is -0.227. The zero-order valence-electron chi connectivity index (χ0n) is 13.1. The van der Waals surface area contributed by atoms with Gasteiger partial charge < -0.3 is 15.4 Å². The molecule has 1 saturated heterocycles. The van der Waals surface area contributed by atoms with Gasteiger partial charge in [-0.15, -0.1) is 11.3 Å². The predicted octanol–water partition coefficient (Wildman–Crippen LogP) is 2.19. The van der Waals surface area contributed by atoms with E-state index in [4.69, 9.17) is 4.74 Å². The molecule has 0 spiro atoms. The van der Waals surface area contributed by atoms with E-state index in [0.29, 0.717) is 12.2 Å². The van der Waals surface area contributed by atoms with Gasteiger partial charge in [0.15, 0.2) is 0 Å². The summed E-state index contributed by atoms with van der Waals surface area (Å²) in [6.45, 7) is 4.14. The van der Waals surface area contributed by atoms with Crippen LogP contribution in [0.25, 0.3) is 0 Å². The SMILES string of the molecule is Cc1cnc(CCNC(=O)Nc2cnn(C[C@H]3CCCO3)c2)s1. The van der Waals surface area contributed by atoms with Gasteiger partial charge in [0.1, 0.15) is 0 Å². The third-order valence-electron chi connectivity index (χ3n) is 3.60. The molecule has 124 valence electrons. The van der Waals surface area contributed by atoms with Crippen molar-refractivity contribution in [2.45, 2.75) is 38.8 Å². The molecule has 0 aromatic carbocycles. The van der Waals surface area contributed by atoms with E-state index in [0.717, 1.165) is 37.4 Å². The molecule has 2 amide bonds. The quantitative estimate of drug-likeness (QED) is 0.848. The van der Waals surface area contributed by atoms with Gasteiger partial charge in [-0.2, -0.15) is 5.10 Å². The minimum absolute atomic E-state index is 0.227. The van der Waals surface area contributed by atoms with Crippen LogP contribution in [0.5, 0.6) is 0 Å². The number of aryl methyl sites for hydroxylation is 1. The van der Waals surface area contributed by atoms with Gasteiger partial charge >= 0.3 is 6.03 Å². The van der Waals surface area contributed by atoms with Gasteiger partial charge in [-0.25, -0.2) is 9.78 Å². The highest BCUT2D eigenvalue weighted by molar-refractivity contribution is 7.11. The van der Waals surface area contributed by atoms with E-state index < -0.39 is 0 Å². The molecule has 2 aromatic rings. The number of aromatic nitrogens is 3. The first-order chi connectivity index (χ1) is 11.2. The van der Waals surface area contributed by atoms with Crippen molar-refractivity contribution in [1.29, 1.82) is 0 Å². The number of rotatable bonds is 6. The van der Waals surface area contributed by atoms with Gasteiger partial charge in [0, 0.05) is 36.8 Å². The second-order valence-electron chi connectivity index (χ2n) is 5.58. The Morgan fingerprint density at radius 3 is 3.17 bits per heavy atom. The lowest BCUT2D eigenvalue weighted by atomic mass is 10.2. The number of carbonyl (C=O) groups excluding carboxylic acids is 1. The van der Waals surface area contributed by atoms with Crippen LogP contribution in [0.2, 0.25) is 0 Å². The fraction of sp³-hybridized carbons (Fsp3) is 0.533. The van der Waals surface area contributed by atoms with Crippen molar-refractivity contribution in [2.75, 3.05) is 18.5 Å². The Kier molecular flexibility index (Phi) is 5.24. The molecule has 1 fully saturated rings. The summed E-state index contributed by atoms with van der Waals surface area (Å²) in [4.78, 5) is 17.3. The Bertz CT molecular complexity index is 648. The van der Waals surface area contributed by atoms with E-state index in [1.54, 1.807) is 17.5 Å². The first kappa shape index (κ1) is 15.9. The van der Waals surface area contributed by atoms with Crippen molar-refractivity contribution in [1.82, 2.24) is 20.1 Å². The minimum atomic E-state index is -0.227. The van der Waals surface area contributed by atoms with E-state index in [1.807, 2.05) is 24.0 Å². The minimum Gasteiger partial charge on any atom is -0.376 e. The smallest absolute Gasteiger partial charge is 0.319 e. The summed E-state index contributed by atoms with van der Waals surface area (Å²) in [5, 5.41) is 10.9. The molecule has 0 aliphatic carbocycles. The molecule has 0 unspecified atom stereocenters. The molecule has 1 aliphatic rings. The van der Waals surface area contributed by atoms with Gasteiger partial charge in [-0.05, 0) is 19.8 Å². The van der Waals surface area contributed by atoms with Crippen LogP contribution in [0.3, 0.4) is 0 Å². The van der Waals surface area contributed by atoms with Crippen LogP contribution in [-0.2, 0) is 17.7 Å². The maximum absolute atomic E-state index is 11.9. The molecular weight excluding hydrogens is 314 g/mol. The molecule has 7 nitrogen and oxygen atoms in total. The molecule has 2 N–H and O–H groups in total. The summed E-state index contributed by atoms with van der Waals surface area (Å²) in [5.74, 6) is 0. The zero-order chi connectivity index (χ0) is 16.1. The number of anilines is 1. The number of amides is 2. The Hall–Kier alpha value is -1.93. The molecule has 3 heterocycles. The zero-order valence-corrected chi connectivity index (χ0v) is 13.9. The summed E-state index contributed by atoms with van der Waals surface area (Å²) >= 11 is 1.65. The molecule has 0 bridgehead atoms. The number of carbonyl (C=O) groups is 1. The summed E-state index contributed by atoms with van der Waals surface area (Å²) in [5.41, 5.74) is 0.686. The van der Waals surface area contributed by atoms with Crippen molar-refractivity contribution < 1.29 is 9.53 Å². The number of urea groups is 1. The standard InChI is InChI=1S/C15H21N5O2S/c1-11-7-17-14(23-11)4-5-16-15(21)19-12-8-18-20(9-12)10-13-3-2-6-22-13/h7-9,13H,2-6,10H2,1H3,(H2,16,19,21)/t13-/m1/s1. The van der Waals surface area contributed by atoms with E-state index in [-0.39, 0.29) is 12.1 Å². The van der Waals surface area contributed by atoms with Crippen LogP contribution < -0.4 is 10.6 Å². The summed E-state index contributed by atoms with van der Waals surface area (Å²) < 4.78 is 7.39. The third kappa shape index (κ3) is 4.77. The topological polar surface area (TPSA) is 81.1 Å². The molecule has 0 saturated carbocycles. The number of hydrogen-bond acceptors (Lipinski definition) is 5. The number of thiazole rings is 1. The van der Waals surface area contributed by atoms with Gasteiger partial charge in [0.2, 0.25) is 0 Å². The van der Waals surface area contributed by atoms with Crippen molar-refractivity contribution in [3.8, 4) is 0 Å². The van der Waals surface area contributed by atoms with Crippen LogP contribution in [0.15, 0.2) is 18.6 Å². The average molecular weight is 335 g/mol. The maximum atomic E-state index is 11.9. The molecule has 1 aliphatic heterocycles. The van der Waals surface area contributed by atoms with Gasteiger partial charge in [0.25, 0.3) is 0 Å². The molecule has 23 heavy (non-hydrogen) atoms. The van der Waals surface area contributed by atoms with E-state index in [1.165, 1.54) is 4.88 Å². The first-order valence-corrected chi connectivity index (χ1v) is 8.61. The van der Waals surface area contributed by atoms with Crippen LogP contribution >= 0.6 is 11.3 Å². The van der Waals surface area contributed by atoms with E-state index in [9.17, 15) is 4.79 Å². The van der Waals surface area contributed by atoms with E-state index >= 15 is 0 Å². The van der Waals surface area contributed by atoms with Gasteiger partial charge in [0.05, 0.1) is 29.5 Å². The van der Waals surface area contributed by atoms with Crippen LogP contribution in [0.4, 0.5) is 10.5 Å². The van der Waals surface area contributed by atoms with Crippen molar-refractivity contribution in [3.63, 3.8) is 0 Å². The Morgan fingerprint density at radius 2 is 2.43 bits per heavy atom. The fourth-order valence-electron chi connectivity index (χ4n) is 2.50. The normalized spacial score (nSPS) is 17.3. The summed E-state index contributed by atoms with van der Waals surface area (Å²) in [6.07, 6.45) is 8.48. The first-order valence-electron chi connectivity index (χ1n) is 7.79. The van der Waals surface area contributed by atoms with Crippen molar-refractivity contribution in [2.24, 2.45) is 0 Å². The second kappa shape index (κ2) is 7.56. The third-order valence-corrected chi connectivity index (χ3v) is 4.57. The number of hydrogen-bond donors (Lipinski definition) is 2. The maximum Gasteiger partial charge on any atom is 0.319 e. The summed E-state index contributed by atoms with van der Waals surface area (Å²) in [7, 11) is 0. The molecule has 2 aromatic heterocycles. The lowest BCUT2D eigenvalue weighted by Crippen LogP contribution is -2.30. The highest BCUT2D eigenvalue weighted by Crippen LogP contribution is 2.15. The second-order valence-corrected chi connectivity index (χ2v) is 6.90. The lowest BCUT2D eigenvalue weighted by Gasteiger charge is -2.08. The molecule has 1 atom stereocenters. The average Bonchev–Trinajstić information content (AvgIpc) is 3.24. The van der Waals surface area contributed by atoms with Crippen LogP contribution in [-0.4, -0.2) is 40.1 Å². The molecule has 8 heteroatoms. The van der Waals surface area contributed by atoms with E-state index in [2.05, 4.69) is 20.7 Å². The molecule has 0 radical (unpaired) electrons. The number of ether oxygens (including phenoxy) is 1. The Balaban J connectivity index is 1.40. The van der Waals surface area contributed by atoms with Crippen LogP contribution in [0, 0.1) is 6.92 Å². The highest BCUT2D eigenvalue weighted by atomic mass is 32.1. The fourth-order valence-corrected chi connectivity index (χ4v) is 3.29. The molecule has 3 rings (SSSR count). The van der Waals surface area contributed by atoms with Crippen molar-refractivity contribution in [3.05, 3.63) is 28.5 Å². The lowest BCUT2D eigenvalue weighted by molar-refractivity contribution is 0.0940. The Labute approximate surface area is 139 Å². The monoisotopic (exact) mass is 335 g/mol. The Morgan fingerprint density at radius 1 is 1.52 bits per heavy atom. The van der Waals surface area contributed by atoms with Crippen molar-refractivity contribution >= 4 is 23.1 Å². The number of nitrogens with zero attached hydrogens (tertiary/aromatic N) is 3. The van der Waals surface area contributed by atoms with Crippen LogP contribution in [0.1, 0.15) is 22.7 Å². The predicted molar refractivity (Wildman–Crippen MR) is 88.8 cm³/mol. The van der Waals surface area contributed by atoms with Gasteiger partial charge in [-0.3, -0.25) is 4.68 Å². The molecular formula is C15H21N5O2S.